The second-order valence-electron chi connectivity index (χ2n) is 3.19. The van der Waals surface area contributed by atoms with Gasteiger partial charge < -0.3 is 5.23 Å². The normalized spacial score (nSPS) is 16.1. The van der Waals surface area contributed by atoms with Crippen LogP contribution in [0.2, 0.25) is 0 Å². The minimum atomic E-state index is 0.309. The molecule has 0 amide bonds. The predicted molar refractivity (Wildman–Crippen MR) is 54.8 cm³/mol. The number of hydrogen-bond donors (Lipinski definition) is 2. The average molecular weight is 169 g/mol. The van der Waals surface area contributed by atoms with E-state index in [0.29, 0.717) is 17.1 Å². The van der Waals surface area contributed by atoms with Crippen LogP contribution in [0.15, 0.2) is 12.3 Å². The van der Waals surface area contributed by atoms with Crippen molar-refractivity contribution in [3.63, 3.8) is 0 Å². The number of allylic oxidation sites excluding steroid dienone is 1. The molecule has 0 saturated carbocycles. The van der Waals surface area contributed by atoms with Gasteiger partial charge in [0.2, 0.25) is 7.98 Å². The van der Waals surface area contributed by atoms with Gasteiger partial charge in [0.15, 0.2) is 0 Å². The van der Waals surface area contributed by atoms with Crippen LogP contribution in [0.5, 0.6) is 0 Å². The van der Waals surface area contributed by atoms with Gasteiger partial charge in [0.25, 0.3) is 0 Å². The molecule has 0 saturated heterocycles. The van der Waals surface area contributed by atoms with Crippen molar-refractivity contribution in [3.05, 3.63) is 12.3 Å². The molecule has 0 aliphatic carbocycles. The van der Waals surface area contributed by atoms with Crippen molar-refractivity contribution >= 4 is 20.6 Å². The highest BCUT2D eigenvalue weighted by Gasteiger charge is 2.17. The monoisotopic (exact) mass is 169 g/mol. The lowest BCUT2D eigenvalue weighted by Crippen LogP contribution is -2.25. The lowest BCUT2D eigenvalue weighted by molar-refractivity contribution is 0.499. The molecule has 0 bridgehead atoms. The quantitative estimate of drug-likeness (QED) is 0.482. The second kappa shape index (κ2) is 4.76. The van der Waals surface area contributed by atoms with Crippen LogP contribution < -0.4 is 5.23 Å². The largest absolute Gasteiger partial charge is 0.441 e. The summed E-state index contributed by atoms with van der Waals surface area (Å²) in [7, 11) is 5.23. The lowest BCUT2D eigenvalue weighted by Gasteiger charge is -2.24. The fourth-order valence-corrected chi connectivity index (χ4v) is 1.09. The molecule has 2 unspecified atom stereocenters. The van der Waals surface area contributed by atoms with Gasteiger partial charge in [-0.25, -0.2) is 0 Å². The second-order valence-corrected chi connectivity index (χ2v) is 3.79. The summed E-state index contributed by atoms with van der Waals surface area (Å²) >= 11 is 4.46. The van der Waals surface area contributed by atoms with Crippen LogP contribution in [0.1, 0.15) is 20.8 Å². The van der Waals surface area contributed by atoms with Crippen LogP contribution in [-0.4, -0.2) is 13.2 Å². The van der Waals surface area contributed by atoms with E-state index in [9.17, 15) is 0 Å². The molecular formula is C8H16BNS. The van der Waals surface area contributed by atoms with Crippen molar-refractivity contribution in [2.24, 2.45) is 11.8 Å². The molecule has 0 heterocycles. The highest BCUT2D eigenvalue weighted by molar-refractivity contribution is 7.81. The molecule has 0 aliphatic heterocycles. The maximum Gasteiger partial charge on any atom is 0.222 e. The first kappa shape index (κ1) is 11.0. The fourth-order valence-electron chi connectivity index (χ4n) is 0.915. The summed E-state index contributed by atoms with van der Waals surface area (Å²) in [5.41, 5.74) is 0.846. The van der Waals surface area contributed by atoms with E-state index in [-0.39, 0.29) is 0 Å². The van der Waals surface area contributed by atoms with Crippen LogP contribution in [0.3, 0.4) is 0 Å². The molecule has 0 aromatic carbocycles. The van der Waals surface area contributed by atoms with Gasteiger partial charge in [-0.05, 0) is 11.6 Å². The van der Waals surface area contributed by atoms with E-state index in [1.54, 1.807) is 0 Å². The predicted octanol–water partition coefficient (Wildman–Crippen LogP) is 1.76. The first-order valence-corrected chi connectivity index (χ1v) is 4.35. The van der Waals surface area contributed by atoms with E-state index in [0.717, 1.165) is 5.70 Å². The Balaban J connectivity index is 4.01. The summed E-state index contributed by atoms with van der Waals surface area (Å²) in [4.78, 5) is 0. The van der Waals surface area contributed by atoms with E-state index >= 15 is 0 Å². The van der Waals surface area contributed by atoms with Gasteiger partial charge in [0.1, 0.15) is 0 Å². The highest BCUT2D eigenvalue weighted by Crippen LogP contribution is 2.22. The molecule has 1 nitrogen and oxygen atoms in total. The van der Waals surface area contributed by atoms with E-state index in [4.69, 9.17) is 7.98 Å². The molecule has 0 rings (SSSR count). The summed E-state index contributed by atoms with van der Waals surface area (Å²) in [6.45, 7) is 10.1. The minimum Gasteiger partial charge on any atom is -0.441 e. The topological polar surface area (TPSA) is 12.0 Å². The van der Waals surface area contributed by atoms with Crippen molar-refractivity contribution in [3.8, 4) is 0 Å². The smallest absolute Gasteiger partial charge is 0.222 e. The van der Waals surface area contributed by atoms with Crippen LogP contribution in [0.25, 0.3) is 0 Å². The number of rotatable bonds is 4. The van der Waals surface area contributed by atoms with Gasteiger partial charge in [-0.2, -0.15) is 12.6 Å². The Bertz CT molecular complexity index is 136. The Kier molecular flexibility index (Phi) is 4.74. The van der Waals surface area contributed by atoms with Gasteiger partial charge in [0, 0.05) is 11.2 Å². The summed E-state index contributed by atoms with van der Waals surface area (Å²) in [6.07, 6.45) is 0. The van der Waals surface area contributed by atoms with Gasteiger partial charge in [-0.15, -0.1) is 0 Å². The number of nitrogens with one attached hydrogen (secondary N) is 1. The SMILES string of the molecule is [B]NC(=C)C(C)C(S)C(C)C. The van der Waals surface area contributed by atoms with E-state index in [1.165, 1.54) is 0 Å². The molecule has 0 aromatic rings. The Morgan fingerprint density at radius 3 is 2.18 bits per heavy atom. The molecule has 0 fully saturated rings. The van der Waals surface area contributed by atoms with Crippen molar-refractivity contribution in [1.29, 1.82) is 0 Å². The Morgan fingerprint density at radius 2 is 1.91 bits per heavy atom. The molecule has 0 aliphatic rings. The zero-order valence-electron chi connectivity index (χ0n) is 7.46. The molecule has 0 spiro atoms. The Hall–Kier alpha value is -0.0451. The maximum atomic E-state index is 5.23. The highest BCUT2D eigenvalue weighted by atomic mass is 32.1. The van der Waals surface area contributed by atoms with Crippen molar-refractivity contribution in [2.45, 2.75) is 26.0 Å². The third-order valence-electron chi connectivity index (χ3n) is 1.93. The van der Waals surface area contributed by atoms with E-state index in [1.807, 2.05) is 0 Å². The molecule has 0 aromatic heterocycles. The van der Waals surface area contributed by atoms with Crippen LogP contribution in [-0.2, 0) is 0 Å². The number of thiol groups is 1. The van der Waals surface area contributed by atoms with E-state index in [2.05, 4.69) is 45.2 Å². The summed E-state index contributed by atoms with van der Waals surface area (Å²) in [6, 6.07) is 0. The lowest BCUT2D eigenvalue weighted by atomic mass is 9.95. The Labute approximate surface area is 76.5 Å². The minimum absolute atomic E-state index is 0.309. The third-order valence-corrected chi connectivity index (χ3v) is 2.97. The van der Waals surface area contributed by atoms with E-state index < -0.39 is 0 Å². The first-order chi connectivity index (χ1) is 5.00. The molecule has 1 N–H and O–H groups in total. The standard InChI is InChI=1S/C8H16BNS/c1-5(2)8(11)6(3)7(4)10-9/h5-6,8,10-11H,4H2,1-3H3. The maximum absolute atomic E-state index is 5.23. The third kappa shape index (κ3) is 3.23. The zero-order chi connectivity index (χ0) is 9.02. The summed E-state index contributed by atoms with van der Waals surface area (Å²) in [5, 5.41) is 2.88. The molecule has 2 radical (unpaired) electrons. The molecule has 11 heavy (non-hydrogen) atoms. The van der Waals surface area contributed by atoms with Gasteiger partial charge >= 0.3 is 0 Å². The van der Waals surface area contributed by atoms with Crippen LogP contribution >= 0.6 is 12.6 Å². The Morgan fingerprint density at radius 1 is 1.45 bits per heavy atom. The molecular weight excluding hydrogens is 153 g/mol. The van der Waals surface area contributed by atoms with Crippen LogP contribution in [0.4, 0.5) is 0 Å². The van der Waals surface area contributed by atoms with Crippen molar-refractivity contribution in [1.82, 2.24) is 5.23 Å². The summed E-state index contributed by atoms with van der Waals surface area (Å²) < 4.78 is 0. The van der Waals surface area contributed by atoms with Crippen molar-refractivity contribution < 1.29 is 0 Å². The molecule has 3 heteroatoms. The van der Waals surface area contributed by atoms with Gasteiger partial charge in [0.05, 0.1) is 0 Å². The van der Waals surface area contributed by atoms with Gasteiger partial charge in [-0.1, -0.05) is 27.4 Å². The summed E-state index contributed by atoms with van der Waals surface area (Å²) in [5.74, 6) is 0.849. The van der Waals surface area contributed by atoms with Crippen molar-refractivity contribution in [2.75, 3.05) is 0 Å². The number of hydrogen-bond acceptors (Lipinski definition) is 2. The zero-order valence-corrected chi connectivity index (χ0v) is 8.36. The molecule has 2 atom stereocenters. The average Bonchev–Trinajstić information content (AvgIpc) is 2.00. The first-order valence-electron chi connectivity index (χ1n) is 3.84. The fraction of sp³-hybridized carbons (Fsp3) is 0.750. The molecule has 62 valence electrons. The van der Waals surface area contributed by atoms with Gasteiger partial charge in [-0.3, -0.25) is 0 Å². The van der Waals surface area contributed by atoms with Crippen LogP contribution in [0, 0.1) is 11.8 Å².